The first-order valence-corrected chi connectivity index (χ1v) is 8.25. The molecule has 21 heavy (non-hydrogen) atoms. The van der Waals surface area contributed by atoms with Gasteiger partial charge in [0.2, 0.25) is 0 Å². The fourth-order valence-corrected chi connectivity index (χ4v) is 3.81. The van der Waals surface area contributed by atoms with Gasteiger partial charge in [0.25, 0.3) is 0 Å². The van der Waals surface area contributed by atoms with E-state index >= 15 is 0 Å². The van der Waals surface area contributed by atoms with Crippen molar-refractivity contribution in [2.75, 3.05) is 0 Å². The average Bonchev–Trinajstić information content (AvgIpc) is 2.75. The maximum atomic E-state index is 6.36. The third kappa shape index (κ3) is 3.05. The predicted molar refractivity (Wildman–Crippen MR) is 93.2 cm³/mol. The Hall–Kier alpha value is -1.17. The van der Waals surface area contributed by atoms with Crippen molar-refractivity contribution in [2.24, 2.45) is 12.8 Å². The van der Waals surface area contributed by atoms with Gasteiger partial charge in [-0.2, -0.15) is 0 Å². The highest BCUT2D eigenvalue weighted by molar-refractivity contribution is 9.11. The molecule has 0 saturated heterocycles. The van der Waals surface area contributed by atoms with Crippen LogP contribution in [0.4, 0.5) is 0 Å². The first-order chi connectivity index (χ1) is 10.0. The Labute approximate surface area is 140 Å². The molecule has 0 aliphatic rings. The van der Waals surface area contributed by atoms with E-state index in [9.17, 15) is 0 Å². The van der Waals surface area contributed by atoms with Crippen LogP contribution in [-0.4, -0.2) is 9.55 Å². The molecule has 108 valence electrons. The highest BCUT2D eigenvalue weighted by atomic mass is 79.9. The van der Waals surface area contributed by atoms with Gasteiger partial charge in [-0.05, 0) is 35.9 Å². The number of aryl methyl sites for hydroxylation is 1. The van der Waals surface area contributed by atoms with Gasteiger partial charge >= 0.3 is 0 Å². The maximum absolute atomic E-state index is 6.36. The second-order valence-corrected chi connectivity index (χ2v) is 6.92. The van der Waals surface area contributed by atoms with Crippen LogP contribution in [0.2, 0.25) is 0 Å². The number of nitrogens with zero attached hydrogens (tertiary/aromatic N) is 2. The summed E-state index contributed by atoms with van der Waals surface area (Å²) < 4.78 is 4.15. The quantitative estimate of drug-likeness (QED) is 0.700. The summed E-state index contributed by atoms with van der Waals surface area (Å²) in [5.41, 5.74) is 9.59. The lowest BCUT2D eigenvalue weighted by Crippen LogP contribution is -2.16. The van der Waals surface area contributed by atoms with Crippen molar-refractivity contribution in [3.05, 3.63) is 62.8 Å². The molecule has 3 rings (SSSR count). The Bertz CT molecular complexity index is 775. The first-order valence-electron chi connectivity index (χ1n) is 6.66. The lowest BCUT2D eigenvalue weighted by atomic mass is 10.0. The highest BCUT2D eigenvalue weighted by Gasteiger charge is 2.14. The number of halogens is 2. The van der Waals surface area contributed by atoms with Gasteiger partial charge in [0.15, 0.2) is 0 Å². The fraction of sp³-hybridized carbons (Fsp3) is 0.188. The summed E-state index contributed by atoms with van der Waals surface area (Å²) in [5.74, 6) is 1.000. The molecule has 0 amide bonds. The van der Waals surface area contributed by atoms with Crippen molar-refractivity contribution in [2.45, 2.75) is 12.5 Å². The smallest absolute Gasteiger partial charge is 0.111 e. The highest BCUT2D eigenvalue weighted by Crippen LogP contribution is 2.25. The van der Waals surface area contributed by atoms with Crippen molar-refractivity contribution in [3.8, 4) is 0 Å². The molecule has 1 unspecified atom stereocenters. The fourth-order valence-electron chi connectivity index (χ4n) is 2.48. The van der Waals surface area contributed by atoms with Crippen LogP contribution in [0.15, 0.2) is 51.4 Å². The third-order valence-corrected chi connectivity index (χ3v) is 4.51. The molecular weight excluding hydrogens is 394 g/mol. The molecule has 3 nitrogen and oxygen atoms in total. The topological polar surface area (TPSA) is 43.8 Å². The van der Waals surface area contributed by atoms with Crippen LogP contribution in [0.1, 0.15) is 17.4 Å². The van der Waals surface area contributed by atoms with Gasteiger partial charge in [0, 0.05) is 28.5 Å². The number of para-hydroxylation sites is 2. The number of nitrogens with two attached hydrogens (primary N) is 1. The molecule has 0 aliphatic heterocycles. The van der Waals surface area contributed by atoms with E-state index in [2.05, 4.69) is 59.6 Å². The van der Waals surface area contributed by atoms with E-state index in [1.807, 2.05) is 31.3 Å². The van der Waals surface area contributed by atoms with E-state index in [0.717, 1.165) is 31.4 Å². The zero-order valence-corrected chi connectivity index (χ0v) is 14.7. The van der Waals surface area contributed by atoms with Gasteiger partial charge in [-0.1, -0.05) is 44.0 Å². The summed E-state index contributed by atoms with van der Waals surface area (Å²) in [4.78, 5) is 4.68. The Kier molecular flexibility index (Phi) is 4.15. The molecule has 1 heterocycles. The monoisotopic (exact) mass is 407 g/mol. The predicted octanol–water partition coefficient (Wildman–Crippen LogP) is 4.34. The lowest BCUT2D eigenvalue weighted by molar-refractivity contribution is 0.664. The summed E-state index contributed by atoms with van der Waals surface area (Å²) in [5, 5.41) is 0. The average molecular weight is 409 g/mol. The van der Waals surface area contributed by atoms with E-state index < -0.39 is 0 Å². The summed E-state index contributed by atoms with van der Waals surface area (Å²) in [6, 6.07) is 14.2. The van der Waals surface area contributed by atoms with Gasteiger partial charge < -0.3 is 10.3 Å². The minimum absolute atomic E-state index is 0.0886. The standard InChI is InChI=1S/C16H15Br2N3/c1-21-15-5-3-2-4-14(15)20-16(21)9-13(19)10-6-11(17)8-12(18)7-10/h2-8,13H,9,19H2,1H3. The largest absolute Gasteiger partial charge is 0.331 e. The lowest BCUT2D eigenvalue weighted by Gasteiger charge is -2.13. The summed E-state index contributed by atoms with van der Waals surface area (Å²) in [7, 11) is 2.04. The summed E-state index contributed by atoms with van der Waals surface area (Å²) in [6.45, 7) is 0. The molecule has 1 atom stereocenters. The van der Waals surface area contributed by atoms with Crippen molar-refractivity contribution < 1.29 is 0 Å². The van der Waals surface area contributed by atoms with Crippen LogP contribution >= 0.6 is 31.9 Å². The molecule has 0 fully saturated rings. The zero-order chi connectivity index (χ0) is 15.0. The number of aromatic nitrogens is 2. The van der Waals surface area contributed by atoms with Crippen molar-refractivity contribution in [3.63, 3.8) is 0 Å². The Morgan fingerprint density at radius 3 is 2.48 bits per heavy atom. The number of fused-ring (bicyclic) bond motifs is 1. The van der Waals surface area contributed by atoms with Gasteiger partial charge in [0.05, 0.1) is 11.0 Å². The number of hydrogen-bond acceptors (Lipinski definition) is 2. The van der Waals surface area contributed by atoms with Crippen molar-refractivity contribution >= 4 is 42.9 Å². The molecule has 0 spiro atoms. The molecule has 2 aromatic carbocycles. The second kappa shape index (κ2) is 5.91. The van der Waals surface area contributed by atoms with Gasteiger partial charge in [0.1, 0.15) is 5.82 Å². The van der Waals surface area contributed by atoms with Gasteiger partial charge in [-0.25, -0.2) is 4.98 Å². The maximum Gasteiger partial charge on any atom is 0.111 e. The zero-order valence-electron chi connectivity index (χ0n) is 11.6. The number of rotatable bonds is 3. The normalized spacial score (nSPS) is 12.8. The first kappa shape index (κ1) is 14.8. The number of benzene rings is 2. The minimum Gasteiger partial charge on any atom is -0.331 e. The Balaban J connectivity index is 1.92. The van der Waals surface area contributed by atoms with Crippen LogP contribution in [0, 0.1) is 0 Å². The third-order valence-electron chi connectivity index (χ3n) is 3.60. The van der Waals surface area contributed by atoms with Crippen LogP contribution < -0.4 is 5.73 Å². The van der Waals surface area contributed by atoms with E-state index in [1.165, 1.54) is 0 Å². The summed E-state index contributed by atoms with van der Waals surface area (Å²) >= 11 is 7.01. The number of hydrogen-bond donors (Lipinski definition) is 1. The molecule has 3 aromatic rings. The van der Waals surface area contributed by atoms with Crippen molar-refractivity contribution in [1.29, 1.82) is 0 Å². The molecule has 0 radical (unpaired) electrons. The van der Waals surface area contributed by atoms with E-state index in [-0.39, 0.29) is 6.04 Å². The second-order valence-electron chi connectivity index (χ2n) is 5.09. The van der Waals surface area contributed by atoms with Crippen LogP contribution in [0.5, 0.6) is 0 Å². The van der Waals surface area contributed by atoms with Crippen LogP contribution in [-0.2, 0) is 13.5 Å². The molecular formula is C16H15Br2N3. The Morgan fingerprint density at radius 1 is 1.14 bits per heavy atom. The van der Waals surface area contributed by atoms with E-state index in [1.54, 1.807) is 0 Å². The van der Waals surface area contributed by atoms with Crippen LogP contribution in [0.3, 0.4) is 0 Å². The Morgan fingerprint density at radius 2 is 1.81 bits per heavy atom. The molecule has 0 aliphatic carbocycles. The SMILES string of the molecule is Cn1c(CC(N)c2cc(Br)cc(Br)c2)nc2ccccc21. The van der Waals surface area contributed by atoms with E-state index in [0.29, 0.717) is 6.42 Å². The molecule has 2 N–H and O–H groups in total. The van der Waals surface area contributed by atoms with Crippen LogP contribution in [0.25, 0.3) is 11.0 Å². The minimum atomic E-state index is -0.0886. The summed E-state index contributed by atoms with van der Waals surface area (Å²) in [6.07, 6.45) is 0.702. The van der Waals surface area contributed by atoms with Gasteiger partial charge in [-0.3, -0.25) is 0 Å². The number of imidazole rings is 1. The van der Waals surface area contributed by atoms with Crippen molar-refractivity contribution in [1.82, 2.24) is 9.55 Å². The molecule has 5 heteroatoms. The molecule has 0 saturated carbocycles. The van der Waals surface area contributed by atoms with Gasteiger partial charge in [-0.15, -0.1) is 0 Å². The molecule has 1 aromatic heterocycles. The van der Waals surface area contributed by atoms with E-state index in [4.69, 9.17) is 5.73 Å². The molecule has 0 bridgehead atoms.